The van der Waals surface area contributed by atoms with Crippen LogP contribution in [0.1, 0.15) is 5.56 Å². The lowest BCUT2D eigenvalue weighted by Gasteiger charge is -2.08. The Morgan fingerprint density at radius 1 is 1.11 bits per heavy atom. The number of pyridine rings is 1. The van der Waals surface area contributed by atoms with Crippen LogP contribution in [-0.2, 0) is 4.79 Å². The number of aliphatic imine (C=N–C) groups is 1. The Kier molecular flexibility index (Phi) is 4.86. The monoisotopic (exact) mass is 417 g/mol. The molecular formula is C19H10Cl2FN3OS. The second-order valence-corrected chi connectivity index (χ2v) is 7.48. The molecule has 2 aromatic carbocycles. The number of amides is 1. The van der Waals surface area contributed by atoms with Gasteiger partial charge in [0.05, 0.1) is 20.6 Å². The van der Waals surface area contributed by atoms with Gasteiger partial charge in [0.1, 0.15) is 11.3 Å². The number of anilines is 1. The standard InChI is InChI=1S/C19H10Cl2FN3OS/c20-12-4-1-5-13(21)17(12)24-19-25-18(26)15(27-19)9-10-7-11-3-2-6-23-16(11)14(22)8-10/h1-9H,(H,24,25,26)/b15-9-. The molecule has 8 heteroatoms. The van der Waals surface area contributed by atoms with Gasteiger partial charge in [-0.2, -0.15) is 4.99 Å². The fourth-order valence-corrected chi connectivity index (χ4v) is 3.90. The quantitative estimate of drug-likeness (QED) is 0.538. The summed E-state index contributed by atoms with van der Waals surface area (Å²) in [5.41, 5.74) is 1.32. The summed E-state index contributed by atoms with van der Waals surface area (Å²) in [6, 6.07) is 11.7. The van der Waals surface area contributed by atoms with Gasteiger partial charge in [0, 0.05) is 11.6 Å². The van der Waals surface area contributed by atoms with Crippen LogP contribution in [0.2, 0.25) is 10.0 Å². The molecule has 0 saturated heterocycles. The van der Waals surface area contributed by atoms with Crippen LogP contribution in [0.15, 0.2) is 58.6 Å². The molecule has 0 spiro atoms. The largest absolute Gasteiger partial charge is 0.332 e. The predicted octanol–water partition coefficient (Wildman–Crippen LogP) is 5.76. The van der Waals surface area contributed by atoms with Crippen LogP contribution < -0.4 is 5.32 Å². The number of halogens is 3. The van der Waals surface area contributed by atoms with Crippen molar-refractivity contribution in [3.05, 3.63) is 75.0 Å². The zero-order valence-electron chi connectivity index (χ0n) is 13.5. The summed E-state index contributed by atoms with van der Waals surface area (Å²) in [7, 11) is 0. The van der Waals surface area contributed by atoms with Crippen molar-refractivity contribution < 1.29 is 9.18 Å². The highest BCUT2D eigenvalue weighted by Crippen LogP contribution is 2.34. The van der Waals surface area contributed by atoms with Crippen LogP contribution >= 0.6 is 35.0 Å². The van der Waals surface area contributed by atoms with Gasteiger partial charge in [-0.25, -0.2) is 4.39 Å². The normalized spacial score (nSPS) is 15.4. The van der Waals surface area contributed by atoms with E-state index in [2.05, 4.69) is 15.3 Å². The van der Waals surface area contributed by atoms with E-state index in [1.165, 1.54) is 12.3 Å². The highest BCUT2D eigenvalue weighted by atomic mass is 35.5. The summed E-state index contributed by atoms with van der Waals surface area (Å²) in [6.07, 6.45) is 3.13. The maximum atomic E-state index is 14.2. The van der Waals surface area contributed by atoms with Gasteiger partial charge in [0.15, 0.2) is 5.17 Å². The molecule has 1 aromatic heterocycles. The number of carbonyl (C=O) groups excluding carboxylic acids is 1. The van der Waals surface area contributed by atoms with Crippen LogP contribution in [0, 0.1) is 5.82 Å². The van der Waals surface area contributed by atoms with Crippen LogP contribution in [0.4, 0.5) is 10.1 Å². The van der Waals surface area contributed by atoms with E-state index in [4.69, 9.17) is 23.2 Å². The van der Waals surface area contributed by atoms with E-state index >= 15 is 0 Å². The van der Waals surface area contributed by atoms with E-state index < -0.39 is 11.7 Å². The minimum Gasteiger partial charge on any atom is -0.332 e. The summed E-state index contributed by atoms with van der Waals surface area (Å²) in [6.45, 7) is 0. The molecule has 0 radical (unpaired) electrons. The number of para-hydroxylation sites is 1. The Bertz CT molecular complexity index is 1130. The maximum Gasteiger partial charge on any atom is 0.286 e. The number of fused-ring (bicyclic) bond motifs is 1. The van der Waals surface area contributed by atoms with Crippen molar-refractivity contribution in [2.45, 2.75) is 0 Å². The molecule has 3 aromatic rings. The van der Waals surface area contributed by atoms with E-state index in [9.17, 15) is 9.18 Å². The Labute approximate surface area is 168 Å². The number of hydrogen-bond acceptors (Lipinski definition) is 4. The Morgan fingerprint density at radius 2 is 1.89 bits per heavy atom. The maximum absolute atomic E-state index is 14.2. The first kappa shape index (κ1) is 18.0. The summed E-state index contributed by atoms with van der Waals surface area (Å²) in [5, 5.41) is 4.81. The number of aromatic nitrogens is 1. The van der Waals surface area contributed by atoms with Gasteiger partial charge in [-0.15, -0.1) is 0 Å². The molecule has 2 heterocycles. The lowest BCUT2D eigenvalue weighted by atomic mass is 10.1. The molecule has 1 N–H and O–H groups in total. The van der Waals surface area contributed by atoms with Gasteiger partial charge >= 0.3 is 0 Å². The molecule has 1 aliphatic heterocycles. The Hall–Kier alpha value is -2.41. The molecule has 27 heavy (non-hydrogen) atoms. The van der Waals surface area contributed by atoms with Crippen molar-refractivity contribution in [2.24, 2.45) is 4.99 Å². The third kappa shape index (κ3) is 3.69. The van der Waals surface area contributed by atoms with Crippen molar-refractivity contribution in [2.75, 3.05) is 5.32 Å². The summed E-state index contributed by atoms with van der Waals surface area (Å²) in [5.74, 6) is -0.866. The van der Waals surface area contributed by atoms with Gasteiger partial charge in [-0.05, 0) is 53.7 Å². The predicted molar refractivity (Wildman–Crippen MR) is 110 cm³/mol. The van der Waals surface area contributed by atoms with Crippen molar-refractivity contribution in [1.29, 1.82) is 0 Å². The van der Waals surface area contributed by atoms with Crippen LogP contribution in [-0.4, -0.2) is 16.1 Å². The Morgan fingerprint density at radius 3 is 2.67 bits per heavy atom. The topological polar surface area (TPSA) is 54.4 Å². The molecule has 4 rings (SSSR count). The molecule has 0 unspecified atom stereocenters. The zero-order chi connectivity index (χ0) is 19.0. The van der Waals surface area contributed by atoms with Crippen LogP contribution in [0.3, 0.4) is 0 Å². The number of benzene rings is 2. The molecule has 1 amide bonds. The van der Waals surface area contributed by atoms with Gasteiger partial charge in [0.2, 0.25) is 0 Å². The molecule has 0 aliphatic carbocycles. The summed E-state index contributed by atoms with van der Waals surface area (Å²) in [4.78, 5) is 20.6. The zero-order valence-corrected chi connectivity index (χ0v) is 15.9. The average Bonchev–Trinajstić information content (AvgIpc) is 2.98. The number of nitrogens with one attached hydrogen (secondary N) is 1. The Balaban J connectivity index is 1.61. The van der Waals surface area contributed by atoms with Crippen molar-refractivity contribution in [3.8, 4) is 0 Å². The minimum absolute atomic E-state index is 0.289. The van der Waals surface area contributed by atoms with E-state index in [0.29, 0.717) is 36.8 Å². The first-order valence-corrected chi connectivity index (χ1v) is 9.36. The summed E-state index contributed by atoms with van der Waals surface area (Å²) >= 11 is 13.4. The van der Waals surface area contributed by atoms with E-state index in [1.807, 2.05) is 0 Å². The molecule has 0 saturated carbocycles. The smallest absolute Gasteiger partial charge is 0.286 e. The number of nitrogens with zero attached hydrogens (tertiary/aromatic N) is 2. The van der Waals surface area contributed by atoms with Gasteiger partial charge < -0.3 is 5.32 Å². The van der Waals surface area contributed by atoms with Gasteiger partial charge in [-0.1, -0.05) is 35.3 Å². The molecule has 0 fully saturated rings. The number of carbonyl (C=O) groups is 1. The number of hydrogen-bond donors (Lipinski definition) is 1. The van der Waals surface area contributed by atoms with E-state index in [-0.39, 0.29) is 5.52 Å². The van der Waals surface area contributed by atoms with Crippen molar-refractivity contribution in [3.63, 3.8) is 0 Å². The second kappa shape index (κ2) is 7.31. The molecule has 4 nitrogen and oxygen atoms in total. The van der Waals surface area contributed by atoms with Crippen molar-refractivity contribution in [1.82, 2.24) is 4.98 Å². The van der Waals surface area contributed by atoms with Crippen molar-refractivity contribution >= 4 is 68.7 Å². The first-order chi connectivity index (χ1) is 13.0. The van der Waals surface area contributed by atoms with Crippen LogP contribution in [0.5, 0.6) is 0 Å². The summed E-state index contributed by atoms with van der Waals surface area (Å²) < 4.78 is 14.2. The SMILES string of the molecule is O=C1N=C(Nc2c(Cl)cccc2Cl)S/C1=C\c1cc(F)c2ncccc2c1. The molecule has 0 bridgehead atoms. The second-order valence-electron chi connectivity index (χ2n) is 5.63. The third-order valence-corrected chi connectivity index (χ3v) is 5.32. The fourth-order valence-electron chi connectivity index (χ4n) is 2.59. The highest BCUT2D eigenvalue weighted by Gasteiger charge is 2.23. The number of amidine groups is 1. The minimum atomic E-state index is -0.447. The highest BCUT2D eigenvalue weighted by molar-refractivity contribution is 8.18. The third-order valence-electron chi connectivity index (χ3n) is 3.79. The number of rotatable bonds is 2. The van der Waals surface area contributed by atoms with Crippen LogP contribution in [0.25, 0.3) is 17.0 Å². The lowest BCUT2D eigenvalue weighted by molar-refractivity contribution is -0.113. The molecule has 1 aliphatic rings. The van der Waals surface area contributed by atoms with E-state index in [1.54, 1.807) is 42.5 Å². The molecule has 0 atom stereocenters. The fraction of sp³-hybridized carbons (Fsp3) is 0. The molecule has 134 valence electrons. The average molecular weight is 418 g/mol. The first-order valence-electron chi connectivity index (χ1n) is 7.79. The van der Waals surface area contributed by atoms with Gasteiger partial charge in [-0.3, -0.25) is 9.78 Å². The lowest BCUT2D eigenvalue weighted by Crippen LogP contribution is -2.05. The van der Waals surface area contributed by atoms with E-state index in [0.717, 1.165) is 11.8 Å². The van der Waals surface area contributed by atoms with Gasteiger partial charge in [0.25, 0.3) is 5.91 Å². The number of thioether (sulfide) groups is 1. The molecular weight excluding hydrogens is 408 g/mol.